The number of benzene rings is 1. The zero-order valence-electron chi connectivity index (χ0n) is 11.3. The zero-order chi connectivity index (χ0) is 14.5. The topological polar surface area (TPSA) is 91.9 Å². The molecule has 0 radical (unpaired) electrons. The minimum atomic E-state index is -0.0209. The molecule has 4 N–H and O–H groups in total. The Kier molecular flexibility index (Phi) is 4.86. The molecule has 20 heavy (non-hydrogen) atoms. The van der Waals surface area contributed by atoms with Crippen LogP contribution in [0.15, 0.2) is 24.3 Å². The van der Waals surface area contributed by atoms with Gasteiger partial charge in [0.05, 0.1) is 10.2 Å². The molecule has 0 unspecified atom stereocenters. The van der Waals surface area contributed by atoms with E-state index in [-0.39, 0.29) is 17.3 Å². The second kappa shape index (κ2) is 6.62. The van der Waals surface area contributed by atoms with Crippen LogP contribution in [0.3, 0.4) is 0 Å². The monoisotopic (exact) mass is 306 g/mol. The van der Waals surface area contributed by atoms with Gasteiger partial charge in [-0.15, -0.1) is 11.3 Å². The van der Waals surface area contributed by atoms with Gasteiger partial charge in [0.15, 0.2) is 16.8 Å². The number of rotatable bonds is 6. The molecule has 0 aliphatic heterocycles. The second-order valence-corrected chi connectivity index (χ2v) is 7.16. The summed E-state index contributed by atoms with van der Waals surface area (Å²) in [7, 11) is 0.815. The summed E-state index contributed by atoms with van der Waals surface area (Å²) >= 11 is 1.47. The number of carbonyl (C=O) groups is 1. The molecule has 2 aromatic rings. The van der Waals surface area contributed by atoms with Gasteiger partial charge >= 0.3 is 0 Å². The summed E-state index contributed by atoms with van der Waals surface area (Å²) in [5, 5.41) is 10.4. The summed E-state index contributed by atoms with van der Waals surface area (Å²) in [6, 6.07) is 7.81. The number of hydrogen-bond donors (Lipinski definition) is 3. The fraction of sp³-hybridized carbons (Fsp3) is 0.308. The van der Waals surface area contributed by atoms with Crippen molar-refractivity contribution in [1.29, 1.82) is 5.41 Å². The number of hydrogen-bond acceptors (Lipinski definition) is 4. The first-order valence-corrected chi connectivity index (χ1v) is 8.52. The van der Waals surface area contributed by atoms with Crippen molar-refractivity contribution in [2.24, 2.45) is 5.73 Å². The van der Waals surface area contributed by atoms with Gasteiger partial charge in [-0.25, -0.2) is 4.98 Å². The maximum absolute atomic E-state index is 12.3. The molecule has 1 atom stereocenters. The Balaban J connectivity index is 1.94. The highest BCUT2D eigenvalue weighted by Crippen LogP contribution is 2.25. The molecule has 5 nitrogen and oxygen atoms in total. The average molecular weight is 306 g/mol. The molecule has 106 valence electrons. The van der Waals surface area contributed by atoms with Crippen LogP contribution in [-0.2, 0) is 0 Å². The molecule has 1 aromatic carbocycles. The van der Waals surface area contributed by atoms with E-state index in [0.29, 0.717) is 11.6 Å². The molecular weight excluding hydrogens is 288 g/mol. The average Bonchev–Trinajstić information content (AvgIpc) is 2.86. The Bertz CT molecular complexity index is 595. The van der Waals surface area contributed by atoms with Crippen LogP contribution in [0.2, 0.25) is 5.54 Å². The van der Waals surface area contributed by atoms with Gasteiger partial charge in [-0.3, -0.25) is 10.2 Å². The highest BCUT2D eigenvalue weighted by Gasteiger charge is 2.18. The van der Waals surface area contributed by atoms with Crippen molar-refractivity contribution in [2.75, 3.05) is 6.54 Å². The van der Waals surface area contributed by atoms with Crippen molar-refractivity contribution in [3.63, 3.8) is 0 Å². The Morgan fingerprint density at radius 1 is 1.50 bits per heavy atom. The highest BCUT2D eigenvalue weighted by atomic mass is 32.1. The predicted molar refractivity (Wildman–Crippen MR) is 86.8 cm³/mol. The molecule has 0 saturated heterocycles. The lowest BCUT2D eigenvalue weighted by Gasteiger charge is -2.08. The van der Waals surface area contributed by atoms with Gasteiger partial charge in [0.2, 0.25) is 0 Å². The summed E-state index contributed by atoms with van der Waals surface area (Å²) in [4.78, 5) is 16.7. The van der Waals surface area contributed by atoms with Crippen LogP contribution in [0.1, 0.15) is 22.6 Å². The van der Waals surface area contributed by atoms with E-state index in [1.807, 2.05) is 24.3 Å². The van der Waals surface area contributed by atoms with Crippen LogP contribution in [-0.4, -0.2) is 33.5 Å². The van der Waals surface area contributed by atoms with Crippen molar-refractivity contribution in [1.82, 2.24) is 10.3 Å². The molecule has 1 heterocycles. The standard InChI is InChI=1S/C13H18N4OSSi/c14-13(15)16-7-3-6-10(20)11(18)12-17-8-4-1-2-5-9(8)19-12/h1-2,4-5,10H,3,6-7H2,20H3,(H4,14,15,16)/t10-/m0/s1. The summed E-state index contributed by atoms with van der Waals surface area (Å²) in [6.07, 6.45) is 1.66. The number of fused-ring (bicyclic) bond motifs is 1. The molecule has 0 aliphatic rings. The minimum absolute atomic E-state index is 0.0209. The van der Waals surface area contributed by atoms with Crippen molar-refractivity contribution in [2.45, 2.75) is 18.4 Å². The molecule has 0 amide bonds. The van der Waals surface area contributed by atoms with Crippen molar-refractivity contribution < 1.29 is 4.79 Å². The van der Waals surface area contributed by atoms with E-state index in [1.54, 1.807) is 0 Å². The van der Waals surface area contributed by atoms with Crippen LogP contribution in [0, 0.1) is 5.41 Å². The molecule has 0 saturated carbocycles. The summed E-state index contributed by atoms with van der Waals surface area (Å²) < 4.78 is 1.06. The van der Waals surface area contributed by atoms with Gasteiger partial charge < -0.3 is 11.1 Å². The van der Waals surface area contributed by atoms with E-state index >= 15 is 0 Å². The highest BCUT2D eigenvalue weighted by molar-refractivity contribution is 7.20. The van der Waals surface area contributed by atoms with Crippen LogP contribution >= 0.6 is 11.3 Å². The largest absolute Gasteiger partial charge is 0.370 e. The van der Waals surface area contributed by atoms with Crippen LogP contribution < -0.4 is 11.1 Å². The number of ketones is 1. The molecular formula is C13H18N4OSSi. The summed E-state index contributed by atoms with van der Waals surface area (Å²) in [5.41, 5.74) is 6.18. The third kappa shape index (κ3) is 3.64. The Morgan fingerprint density at radius 2 is 2.25 bits per heavy atom. The fourth-order valence-corrected chi connectivity index (χ4v) is 3.86. The minimum Gasteiger partial charge on any atom is -0.370 e. The second-order valence-electron chi connectivity index (χ2n) is 4.73. The number of nitrogens with one attached hydrogen (secondary N) is 2. The normalized spacial score (nSPS) is 12.4. The van der Waals surface area contributed by atoms with Crippen molar-refractivity contribution in [3.8, 4) is 0 Å². The summed E-state index contributed by atoms with van der Waals surface area (Å²) in [6.45, 7) is 0.640. The van der Waals surface area contributed by atoms with Crippen LogP contribution in [0.4, 0.5) is 0 Å². The quantitative estimate of drug-likeness (QED) is 0.243. The number of para-hydroxylation sites is 1. The molecule has 0 fully saturated rings. The van der Waals surface area contributed by atoms with E-state index in [0.717, 1.165) is 33.3 Å². The lowest BCUT2D eigenvalue weighted by atomic mass is 10.1. The van der Waals surface area contributed by atoms with E-state index in [9.17, 15) is 4.79 Å². The van der Waals surface area contributed by atoms with Gasteiger partial charge in [0.25, 0.3) is 0 Å². The third-order valence-corrected chi connectivity index (χ3v) is 5.23. The third-order valence-electron chi connectivity index (χ3n) is 3.08. The van der Waals surface area contributed by atoms with E-state index in [4.69, 9.17) is 11.1 Å². The number of nitrogens with two attached hydrogens (primary N) is 1. The van der Waals surface area contributed by atoms with Gasteiger partial charge in [-0.05, 0) is 25.0 Å². The van der Waals surface area contributed by atoms with Gasteiger partial charge in [0, 0.05) is 22.3 Å². The van der Waals surface area contributed by atoms with Gasteiger partial charge in [-0.2, -0.15) is 0 Å². The smallest absolute Gasteiger partial charge is 0.190 e. The zero-order valence-corrected chi connectivity index (χ0v) is 14.2. The SMILES string of the molecule is N=C(N)NCCC[C@H]([SiH3])C(=O)c1nc2ccccc2s1. The van der Waals surface area contributed by atoms with E-state index in [1.165, 1.54) is 11.3 Å². The lowest BCUT2D eigenvalue weighted by molar-refractivity contribution is 0.0980. The first kappa shape index (κ1) is 14.7. The molecule has 0 aliphatic carbocycles. The first-order valence-electron chi connectivity index (χ1n) is 6.55. The number of Topliss-reactive ketones (excluding diaryl/α,β-unsaturated/α-hetero) is 1. The maximum atomic E-state index is 12.3. The Hall–Kier alpha value is -1.73. The first-order chi connectivity index (χ1) is 9.58. The number of thiazole rings is 1. The number of aromatic nitrogens is 1. The van der Waals surface area contributed by atoms with Crippen LogP contribution in [0.25, 0.3) is 10.2 Å². The molecule has 0 spiro atoms. The number of carbonyl (C=O) groups excluding carboxylic acids is 1. The van der Waals surface area contributed by atoms with Gasteiger partial charge in [0.1, 0.15) is 0 Å². The molecule has 2 rings (SSSR count). The number of nitrogens with zero attached hydrogens (tertiary/aromatic N) is 1. The Labute approximate surface area is 124 Å². The van der Waals surface area contributed by atoms with Crippen molar-refractivity contribution in [3.05, 3.63) is 29.3 Å². The van der Waals surface area contributed by atoms with Crippen LogP contribution in [0.5, 0.6) is 0 Å². The van der Waals surface area contributed by atoms with Gasteiger partial charge in [-0.1, -0.05) is 12.1 Å². The van der Waals surface area contributed by atoms with Crippen molar-refractivity contribution >= 4 is 43.5 Å². The number of guanidine groups is 1. The maximum Gasteiger partial charge on any atom is 0.190 e. The molecule has 1 aromatic heterocycles. The lowest BCUT2D eigenvalue weighted by Crippen LogP contribution is -2.31. The Morgan fingerprint density at radius 3 is 2.95 bits per heavy atom. The van der Waals surface area contributed by atoms with E-state index < -0.39 is 0 Å². The summed E-state index contributed by atoms with van der Waals surface area (Å²) in [5.74, 6) is 0.132. The molecule has 7 heteroatoms. The predicted octanol–water partition coefficient (Wildman–Crippen LogP) is 0.896. The fourth-order valence-electron chi connectivity index (χ4n) is 1.95. The van der Waals surface area contributed by atoms with E-state index in [2.05, 4.69) is 10.3 Å². The molecule has 0 bridgehead atoms.